The van der Waals surface area contributed by atoms with Crippen LogP contribution in [0, 0.1) is 11.6 Å². The number of hydrogen-bond donors (Lipinski definition) is 2. The molecule has 28 heavy (non-hydrogen) atoms. The van der Waals surface area contributed by atoms with E-state index in [0.29, 0.717) is 10.4 Å². The predicted octanol–water partition coefficient (Wildman–Crippen LogP) is 4.91. The number of benzene rings is 1. The van der Waals surface area contributed by atoms with Gasteiger partial charge in [0.25, 0.3) is 5.91 Å². The number of carbonyl (C=O) groups excluding carboxylic acids is 1. The number of rotatable bonds is 6. The number of nitrogens with one attached hydrogen (secondary N) is 1. The van der Waals surface area contributed by atoms with Gasteiger partial charge in [0, 0.05) is 28.0 Å². The van der Waals surface area contributed by atoms with Gasteiger partial charge in [-0.05, 0) is 66.9 Å². The summed E-state index contributed by atoms with van der Waals surface area (Å²) < 4.78 is 27.9. The fourth-order valence-corrected chi connectivity index (χ4v) is 4.05. The molecule has 0 bridgehead atoms. The average Bonchev–Trinajstić information content (AvgIpc) is 2.96. The second kappa shape index (κ2) is 9.00. The van der Waals surface area contributed by atoms with Crippen molar-refractivity contribution in [3.8, 4) is 0 Å². The molecule has 5 nitrogen and oxygen atoms in total. The van der Waals surface area contributed by atoms with E-state index in [2.05, 4.69) is 21.2 Å². The van der Waals surface area contributed by atoms with Crippen LogP contribution in [0.5, 0.6) is 0 Å². The van der Waals surface area contributed by atoms with Crippen LogP contribution in [0.4, 0.5) is 13.6 Å². The Kier molecular flexibility index (Phi) is 7.16. The summed E-state index contributed by atoms with van der Waals surface area (Å²) >= 11 is 4.52. The van der Waals surface area contributed by atoms with Crippen molar-refractivity contribution >= 4 is 39.3 Å². The minimum Gasteiger partial charge on any atom is -0.465 e. The van der Waals surface area contributed by atoms with E-state index < -0.39 is 29.3 Å². The van der Waals surface area contributed by atoms with Gasteiger partial charge in [0.05, 0.1) is 10.9 Å². The first-order valence-electron chi connectivity index (χ1n) is 8.46. The molecule has 2 N–H and O–H groups in total. The largest absolute Gasteiger partial charge is 0.465 e. The molecule has 0 fully saturated rings. The van der Waals surface area contributed by atoms with Crippen molar-refractivity contribution in [2.24, 2.45) is 0 Å². The molecule has 2 rings (SSSR count). The topological polar surface area (TPSA) is 69.6 Å². The van der Waals surface area contributed by atoms with Crippen molar-refractivity contribution in [2.45, 2.75) is 38.8 Å². The Morgan fingerprint density at radius 3 is 2.29 bits per heavy atom. The summed E-state index contributed by atoms with van der Waals surface area (Å²) in [7, 11) is 0. The normalized spacial score (nSPS) is 12.5. The van der Waals surface area contributed by atoms with Gasteiger partial charge in [0.1, 0.15) is 11.6 Å². The summed E-state index contributed by atoms with van der Waals surface area (Å²) in [6.07, 6.45) is -1.07. The first kappa shape index (κ1) is 22.3. The van der Waals surface area contributed by atoms with Crippen molar-refractivity contribution in [1.29, 1.82) is 0 Å². The van der Waals surface area contributed by atoms with Crippen molar-refractivity contribution in [2.75, 3.05) is 6.54 Å². The van der Waals surface area contributed by atoms with Crippen LogP contribution in [0.2, 0.25) is 0 Å². The lowest BCUT2D eigenvalue weighted by Gasteiger charge is -2.36. The van der Waals surface area contributed by atoms with Crippen LogP contribution in [0.1, 0.15) is 36.0 Å². The molecule has 0 saturated carbocycles. The second-order valence-electron chi connectivity index (χ2n) is 7.35. The molecule has 0 radical (unpaired) electrons. The molecule has 0 unspecified atom stereocenters. The number of thiophene rings is 1. The van der Waals surface area contributed by atoms with E-state index in [-0.39, 0.29) is 18.9 Å². The number of amides is 2. The Morgan fingerprint density at radius 1 is 1.21 bits per heavy atom. The van der Waals surface area contributed by atoms with Gasteiger partial charge in [-0.15, -0.1) is 11.3 Å². The van der Waals surface area contributed by atoms with Gasteiger partial charge in [-0.3, -0.25) is 4.79 Å². The SMILES string of the molecule is CC(C)(C)N(C[C@@H](Cc1cc(F)cc(F)c1)NC(=O)c1cc(Br)cs1)C(=O)O. The van der Waals surface area contributed by atoms with Crippen LogP contribution in [0.3, 0.4) is 0 Å². The van der Waals surface area contributed by atoms with Gasteiger partial charge in [-0.1, -0.05) is 0 Å². The number of hydrogen-bond acceptors (Lipinski definition) is 3. The smallest absolute Gasteiger partial charge is 0.407 e. The average molecular weight is 475 g/mol. The maximum absolute atomic E-state index is 13.6. The summed E-state index contributed by atoms with van der Waals surface area (Å²) in [5, 5.41) is 14.1. The first-order valence-corrected chi connectivity index (χ1v) is 10.1. The highest BCUT2D eigenvalue weighted by atomic mass is 79.9. The Bertz CT molecular complexity index is 847. The van der Waals surface area contributed by atoms with E-state index in [1.54, 1.807) is 32.2 Å². The molecule has 2 aromatic rings. The Morgan fingerprint density at radius 2 is 1.82 bits per heavy atom. The first-order chi connectivity index (χ1) is 13.0. The molecule has 0 aliphatic rings. The quantitative estimate of drug-likeness (QED) is 0.624. The standard InChI is InChI=1S/C19H21BrF2N2O3S/c1-19(2,3)24(18(26)27)9-15(6-11-4-13(21)8-14(22)5-11)23-17(25)16-7-12(20)10-28-16/h4-5,7-8,10,15H,6,9H2,1-3H3,(H,23,25)(H,26,27)/t15-/m1/s1. The lowest BCUT2D eigenvalue weighted by Crippen LogP contribution is -2.53. The van der Waals surface area contributed by atoms with E-state index in [1.807, 2.05) is 0 Å². The molecule has 1 aromatic heterocycles. The van der Waals surface area contributed by atoms with Crippen molar-refractivity contribution in [3.63, 3.8) is 0 Å². The fraction of sp³-hybridized carbons (Fsp3) is 0.368. The van der Waals surface area contributed by atoms with E-state index in [0.717, 1.165) is 10.5 Å². The molecule has 0 aliphatic carbocycles. The van der Waals surface area contributed by atoms with E-state index in [1.165, 1.54) is 28.4 Å². The summed E-state index contributed by atoms with van der Waals surface area (Å²) in [5.41, 5.74) is -0.386. The lowest BCUT2D eigenvalue weighted by molar-refractivity contribution is 0.0824. The van der Waals surface area contributed by atoms with Crippen LogP contribution < -0.4 is 5.32 Å². The van der Waals surface area contributed by atoms with Crippen LogP contribution >= 0.6 is 27.3 Å². The van der Waals surface area contributed by atoms with Gasteiger partial charge < -0.3 is 15.3 Å². The summed E-state index contributed by atoms with van der Waals surface area (Å²) in [5.74, 6) is -1.84. The number of carbonyl (C=O) groups is 2. The van der Waals surface area contributed by atoms with E-state index >= 15 is 0 Å². The molecule has 2 amide bonds. The third-order valence-electron chi connectivity index (χ3n) is 3.97. The molecular formula is C19H21BrF2N2O3S. The highest BCUT2D eigenvalue weighted by molar-refractivity contribution is 9.10. The Labute approximate surface area is 174 Å². The lowest BCUT2D eigenvalue weighted by atomic mass is 10.0. The zero-order chi connectivity index (χ0) is 21.1. The van der Waals surface area contributed by atoms with Gasteiger partial charge in [-0.2, -0.15) is 0 Å². The maximum Gasteiger partial charge on any atom is 0.407 e. The Hall–Kier alpha value is -2.00. The van der Waals surface area contributed by atoms with Gasteiger partial charge in [0.15, 0.2) is 0 Å². The van der Waals surface area contributed by atoms with Crippen molar-refractivity contribution in [1.82, 2.24) is 10.2 Å². The molecule has 152 valence electrons. The molecule has 0 spiro atoms. The summed E-state index contributed by atoms with van der Waals surface area (Å²) in [6.45, 7) is 5.17. The zero-order valence-corrected chi connectivity index (χ0v) is 18.0. The molecule has 0 aliphatic heterocycles. The monoisotopic (exact) mass is 474 g/mol. The van der Waals surface area contributed by atoms with Crippen molar-refractivity contribution in [3.05, 3.63) is 56.2 Å². The third kappa shape index (κ3) is 6.27. The van der Waals surface area contributed by atoms with Gasteiger partial charge in [0.2, 0.25) is 0 Å². The molecule has 1 atom stereocenters. The maximum atomic E-state index is 13.6. The number of halogens is 3. The highest BCUT2D eigenvalue weighted by Gasteiger charge is 2.30. The van der Waals surface area contributed by atoms with Crippen LogP contribution in [-0.4, -0.2) is 40.1 Å². The van der Waals surface area contributed by atoms with Gasteiger partial charge in [-0.25, -0.2) is 13.6 Å². The fourth-order valence-electron chi connectivity index (χ4n) is 2.72. The summed E-state index contributed by atoms with van der Waals surface area (Å²) in [4.78, 5) is 25.9. The number of nitrogens with zero attached hydrogens (tertiary/aromatic N) is 1. The highest BCUT2D eigenvalue weighted by Crippen LogP contribution is 2.21. The van der Waals surface area contributed by atoms with E-state index in [4.69, 9.17) is 0 Å². The number of carboxylic acid groups (broad SMARTS) is 1. The van der Waals surface area contributed by atoms with Crippen LogP contribution in [-0.2, 0) is 6.42 Å². The minimum absolute atomic E-state index is 0.0325. The zero-order valence-electron chi connectivity index (χ0n) is 15.6. The molecule has 1 heterocycles. The minimum atomic E-state index is -1.14. The van der Waals surface area contributed by atoms with Crippen molar-refractivity contribution < 1.29 is 23.5 Å². The molecule has 1 aromatic carbocycles. The van der Waals surface area contributed by atoms with E-state index in [9.17, 15) is 23.5 Å². The summed E-state index contributed by atoms with van der Waals surface area (Å²) in [6, 6.07) is 4.08. The van der Waals surface area contributed by atoms with Gasteiger partial charge >= 0.3 is 6.09 Å². The second-order valence-corrected chi connectivity index (χ2v) is 9.17. The molecular weight excluding hydrogens is 454 g/mol. The van der Waals surface area contributed by atoms with Crippen LogP contribution in [0.15, 0.2) is 34.1 Å². The molecule has 9 heteroatoms. The third-order valence-corrected chi connectivity index (χ3v) is 5.66. The van der Waals surface area contributed by atoms with Crippen LogP contribution in [0.25, 0.3) is 0 Å². The Balaban J connectivity index is 2.28. The predicted molar refractivity (Wildman–Crippen MR) is 108 cm³/mol. The molecule has 0 saturated heterocycles.